The molecule has 1 saturated carbocycles. The minimum absolute atomic E-state index is 0.162. The van der Waals surface area contributed by atoms with Crippen LogP contribution in [-0.2, 0) is 25.5 Å². The molecule has 0 amide bonds. The molecule has 0 saturated heterocycles. The van der Waals surface area contributed by atoms with Gasteiger partial charge in [0.2, 0.25) is 0 Å². The summed E-state index contributed by atoms with van der Waals surface area (Å²) in [6.45, 7) is 3.00. The molecule has 0 bridgehead atoms. The molecule has 1 aromatic carbocycles. The number of rotatable bonds is 9. The van der Waals surface area contributed by atoms with E-state index in [1.54, 1.807) is 6.92 Å². The third-order valence-corrected chi connectivity index (χ3v) is 4.60. The molecule has 0 atom stereocenters. The number of nitrogens with one attached hydrogen (secondary N) is 1. The van der Waals surface area contributed by atoms with Crippen molar-refractivity contribution in [2.45, 2.75) is 51.9 Å². The second kappa shape index (κ2) is 11.3. The lowest BCUT2D eigenvalue weighted by Crippen LogP contribution is -2.12. The molecule has 1 aliphatic rings. The largest absolute Gasteiger partial charge is 0.463 e. The maximum atomic E-state index is 11.7. The standard InChI is InChI=1S/C21H29NO4/c1-2-25-20(23)13-15-26-21(24)16-18-8-10-19(11-9-18)22-14-12-17-6-4-3-5-7-17/h8-11,13,15,17,22H,2-7,12,14,16H2,1H3. The molecule has 0 unspecified atom stereocenters. The number of hydrogen-bond donors (Lipinski definition) is 1. The van der Waals surface area contributed by atoms with E-state index in [1.165, 1.54) is 38.5 Å². The fourth-order valence-electron chi connectivity index (χ4n) is 3.20. The zero-order chi connectivity index (χ0) is 18.6. The van der Waals surface area contributed by atoms with Crippen LogP contribution in [0.25, 0.3) is 0 Å². The lowest BCUT2D eigenvalue weighted by atomic mass is 9.87. The van der Waals surface area contributed by atoms with Crippen LogP contribution in [0, 0.1) is 5.92 Å². The number of carbonyl (C=O) groups excluding carboxylic acids is 2. The molecule has 5 heteroatoms. The fourth-order valence-corrected chi connectivity index (χ4v) is 3.20. The van der Waals surface area contributed by atoms with Crippen molar-refractivity contribution in [1.29, 1.82) is 0 Å². The summed E-state index contributed by atoms with van der Waals surface area (Å²) >= 11 is 0. The second-order valence-electron chi connectivity index (χ2n) is 6.64. The Labute approximate surface area is 155 Å². The monoisotopic (exact) mass is 359 g/mol. The Bertz CT molecular complexity index is 589. The second-order valence-corrected chi connectivity index (χ2v) is 6.64. The zero-order valence-electron chi connectivity index (χ0n) is 15.5. The van der Waals surface area contributed by atoms with Crippen LogP contribution >= 0.6 is 0 Å². The molecule has 0 spiro atoms. The molecule has 2 rings (SSSR count). The SMILES string of the molecule is CCOC(=O)C=COC(=O)Cc1ccc(NCCC2CCCCC2)cc1. The highest BCUT2D eigenvalue weighted by molar-refractivity contribution is 5.82. The first-order valence-electron chi connectivity index (χ1n) is 9.53. The zero-order valence-corrected chi connectivity index (χ0v) is 15.5. The topological polar surface area (TPSA) is 64.6 Å². The average molecular weight is 359 g/mol. The molecule has 1 N–H and O–H groups in total. The van der Waals surface area contributed by atoms with Crippen LogP contribution in [0.15, 0.2) is 36.6 Å². The summed E-state index contributed by atoms with van der Waals surface area (Å²) in [5.74, 6) is -0.0690. The fraction of sp³-hybridized carbons (Fsp3) is 0.524. The van der Waals surface area contributed by atoms with E-state index >= 15 is 0 Å². The van der Waals surface area contributed by atoms with Gasteiger partial charge in [0.15, 0.2) is 0 Å². The van der Waals surface area contributed by atoms with Gasteiger partial charge in [0.05, 0.1) is 19.1 Å². The number of ether oxygens (including phenoxy) is 2. The molecule has 0 radical (unpaired) electrons. The van der Waals surface area contributed by atoms with Crippen LogP contribution in [0.4, 0.5) is 5.69 Å². The highest BCUT2D eigenvalue weighted by Crippen LogP contribution is 2.26. The molecule has 0 heterocycles. The van der Waals surface area contributed by atoms with Crippen LogP contribution in [-0.4, -0.2) is 25.1 Å². The smallest absolute Gasteiger partial charge is 0.333 e. The van der Waals surface area contributed by atoms with Gasteiger partial charge in [0.1, 0.15) is 6.26 Å². The Hall–Kier alpha value is -2.30. The van der Waals surface area contributed by atoms with Crippen molar-refractivity contribution in [3.05, 3.63) is 42.2 Å². The summed E-state index contributed by atoms with van der Waals surface area (Å²) in [5, 5.41) is 3.45. The van der Waals surface area contributed by atoms with E-state index in [0.717, 1.165) is 36.1 Å². The van der Waals surface area contributed by atoms with Gasteiger partial charge in [-0.05, 0) is 37.0 Å². The number of esters is 2. The number of hydrogen-bond acceptors (Lipinski definition) is 5. The van der Waals surface area contributed by atoms with Crippen molar-refractivity contribution in [2.75, 3.05) is 18.5 Å². The molecule has 1 aliphatic carbocycles. The van der Waals surface area contributed by atoms with Gasteiger partial charge in [-0.2, -0.15) is 0 Å². The molecule has 0 aromatic heterocycles. The number of anilines is 1. The van der Waals surface area contributed by atoms with Crippen molar-refractivity contribution in [3.63, 3.8) is 0 Å². The third-order valence-electron chi connectivity index (χ3n) is 4.60. The Morgan fingerprint density at radius 2 is 1.88 bits per heavy atom. The van der Waals surface area contributed by atoms with E-state index in [0.29, 0.717) is 0 Å². The lowest BCUT2D eigenvalue weighted by molar-refractivity contribution is -0.138. The minimum atomic E-state index is -0.524. The van der Waals surface area contributed by atoms with Crippen LogP contribution in [0.1, 0.15) is 51.0 Å². The van der Waals surface area contributed by atoms with E-state index in [4.69, 9.17) is 9.47 Å². The highest BCUT2D eigenvalue weighted by atomic mass is 16.5. The van der Waals surface area contributed by atoms with E-state index < -0.39 is 11.9 Å². The molecular formula is C21H29NO4. The van der Waals surface area contributed by atoms with E-state index in [2.05, 4.69) is 5.32 Å². The Kier molecular flexibility index (Phi) is 8.73. The molecular weight excluding hydrogens is 330 g/mol. The number of carbonyl (C=O) groups is 2. The molecule has 26 heavy (non-hydrogen) atoms. The Balaban J connectivity index is 1.67. The highest BCUT2D eigenvalue weighted by Gasteiger charge is 2.12. The van der Waals surface area contributed by atoms with E-state index in [-0.39, 0.29) is 13.0 Å². The molecule has 1 fully saturated rings. The Morgan fingerprint density at radius 1 is 1.15 bits per heavy atom. The quantitative estimate of drug-likeness (QED) is 0.406. The summed E-state index contributed by atoms with van der Waals surface area (Å²) < 4.78 is 9.59. The first-order valence-corrected chi connectivity index (χ1v) is 9.53. The Morgan fingerprint density at radius 3 is 2.58 bits per heavy atom. The van der Waals surface area contributed by atoms with Crippen molar-refractivity contribution in [2.24, 2.45) is 5.92 Å². The van der Waals surface area contributed by atoms with Gasteiger partial charge in [-0.3, -0.25) is 4.79 Å². The van der Waals surface area contributed by atoms with Gasteiger partial charge < -0.3 is 14.8 Å². The van der Waals surface area contributed by atoms with Gasteiger partial charge in [-0.25, -0.2) is 4.79 Å². The van der Waals surface area contributed by atoms with Crippen molar-refractivity contribution >= 4 is 17.6 Å². The van der Waals surface area contributed by atoms with E-state index in [9.17, 15) is 9.59 Å². The van der Waals surface area contributed by atoms with Gasteiger partial charge >= 0.3 is 11.9 Å². The number of benzene rings is 1. The lowest BCUT2D eigenvalue weighted by Gasteiger charge is -2.21. The van der Waals surface area contributed by atoms with Gasteiger partial charge in [-0.1, -0.05) is 44.2 Å². The summed E-state index contributed by atoms with van der Waals surface area (Å²) in [5.41, 5.74) is 1.94. The van der Waals surface area contributed by atoms with Crippen molar-refractivity contribution in [1.82, 2.24) is 0 Å². The molecule has 0 aliphatic heterocycles. The predicted molar refractivity (Wildman–Crippen MR) is 102 cm³/mol. The first kappa shape index (κ1) is 20.0. The molecule has 5 nitrogen and oxygen atoms in total. The molecule has 142 valence electrons. The maximum absolute atomic E-state index is 11.7. The van der Waals surface area contributed by atoms with Gasteiger partial charge in [0, 0.05) is 12.2 Å². The third kappa shape index (κ3) is 7.72. The average Bonchev–Trinajstić information content (AvgIpc) is 2.64. The van der Waals surface area contributed by atoms with Crippen molar-refractivity contribution in [3.8, 4) is 0 Å². The van der Waals surface area contributed by atoms with Crippen molar-refractivity contribution < 1.29 is 19.1 Å². The van der Waals surface area contributed by atoms with Crippen LogP contribution in [0.5, 0.6) is 0 Å². The summed E-state index contributed by atoms with van der Waals surface area (Å²) in [4.78, 5) is 22.8. The summed E-state index contributed by atoms with van der Waals surface area (Å²) in [6.07, 6.45) is 10.4. The normalized spacial score (nSPS) is 15.0. The maximum Gasteiger partial charge on any atom is 0.333 e. The first-order chi connectivity index (χ1) is 12.7. The summed E-state index contributed by atoms with van der Waals surface area (Å²) in [6, 6.07) is 7.80. The summed E-state index contributed by atoms with van der Waals surface area (Å²) in [7, 11) is 0. The predicted octanol–water partition coefficient (Wildman–Crippen LogP) is 4.23. The van der Waals surface area contributed by atoms with Crippen LogP contribution in [0.2, 0.25) is 0 Å². The van der Waals surface area contributed by atoms with Gasteiger partial charge in [-0.15, -0.1) is 0 Å². The van der Waals surface area contributed by atoms with Gasteiger partial charge in [0.25, 0.3) is 0 Å². The van der Waals surface area contributed by atoms with Crippen LogP contribution < -0.4 is 5.32 Å². The van der Waals surface area contributed by atoms with Crippen LogP contribution in [0.3, 0.4) is 0 Å². The van der Waals surface area contributed by atoms with E-state index in [1.807, 2.05) is 24.3 Å². The molecule has 1 aromatic rings. The minimum Gasteiger partial charge on any atom is -0.463 e.